The van der Waals surface area contributed by atoms with Gasteiger partial charge in [0.15, 0.2) is 18.7 Å². The molecule has 2 aliphatic rings. The minimum atomic E-state index is -1.51. The first-order valence-corrected chi connectivity index (χ1v) is 9.63. The highest BCUT2D eigenvalue weighted by molar-refractivity contribution is 5.23. The number of nitrogen functional groups attached to an aromatic ring is 2. The predicted molar refractivity (Wildman–Crippen MR) is 105 cm³/mol. The van der Waals surface area contributed by atoms with Crippen LogP contribution in [0.2, 0.25) is 0 Å². The highest BCUT2D eigenvalue weighted by Gasteiger charge is 2.46. The van der Waals surface area contributed by atoms with Crippen LogP contribution in [0.5, 0.6) is 0 Å². The molecule has 0 spiro atoms. The van der Waals surface area contributed by atoms with Crippen LogP contribution in [0, 0.1) is 0 Å². The van der Waals surface area contributed by atoms with E-state index >= 15 is 0 Å². The van der Waals surface area contributed by atoms with E-state index in [2.05, 4.69) is 20.4 Å². The SMILES string of the molecule is Nc1ccn([C@@H]2O[C@H](NOC[C@H]3O[C@@H](n4cnc(N)nc4=O)[C@H](O)[C@@H]3O)[C@@H](O)[C@H]2O)c(=O)n1. The number of rotatable bonds is 6. The molecule has 2 fully saturated rings. The Kier molecular flexibility index (Phi) is 6.36. The Morgan fingerprint density at radius 3 is 2.33 bits per heavy atom. The first kappa shape index (κ1) is 23.1. The lowest BCUT2D eigenvalue weighted by molar-refractivity contribution is -0.149. The molecule has 2 aromatic rings. The Morgan fingerprint density at radius 2 is 1.64 bits per heavy atom. The number of nitrogens with two attached hydrogens (primary N) is 2. The van der Waals surface area contributed by atoms with E-state index < -0.39 is 60.6 Å². The van der Waals surface area contributed by atoms with E-state index in [0.717, 1.165) is 15.5 Å². The molecule has 17 heteroatoms. The maximum atomic E-state index is 12.0. The molecule has 2 aromatic heterocycles. The number of hydrogen-bond donors (Lipinski definition) is 7. The summed E-state index contributed by atoms with van der Waals surface area (Å²) in [6.07, 6.45) is -8.66. The average molecular weight is 470 g/mol. The maximum absolute atomic E-state index is 12.0. The van der Waals surface area contributed by atoms with E-state index in [4.69, 9.17) is 25.8 Å². The van der Waals surface area contributed by atoms with E-state index in [-0.39, 0.29) is 18.4 Å². The molecule has 0 saturated carbocycles. The van der Waals surface area contributed by atoms with Crippen molar-refractivity contribution in [3.63, 3.8) is 0 Å². The Hall–Kier alpha value is -3.03. The number of aliphatic hydroxyl groups excluding tert-OH is 4. The normalized spacial score (nSPS) is 34.1. The number of aliphatic hydroxyl groups is 4. The van der Waals surface area contributed by atoms with Crippen LogP contribution in [0.1, 0.15) is 12.5 Å². The van der Waals surface area contributed by atoms with E-state index in [9.17, 15) is 30.0 Å². The molecule has 0 bridgehead atoms. The summed E-state index contributed by atoms with van der Waals surface area (Å²) in [5.74, 6) is -0.285. The lowest BCUT2D eigenvalue weighted by Gasteiger charge is -2.19. The summed E-state index contributed by atoms with van der Waals surface area (Å²) in [7, 11) is 0. The van der Waals surface area contributed by atoms with Gasteiger partial charge in [-0.3, -0.25) is 14.0 Å². The maximum Gasteiger partial charge on any atom is 0.354 e. The summed E-state index contributed by atoms with van der Waals surface area (Å²) in [6, 6.07) is 1.32. The second-order valence-corrected chi connectivity index (χ2v) is 7.35. The van der Waals surface area contributed by atoms with Crippen molar-refractivity contribution in [2.75, 3.05) is 18.1 Å². The van der Waals surface area contributed by atoms with Crippen molar-refractivity contribution in [3.8, 4) is 0 Å². The van der Waals surface area contributed by atoms with E-state index in [1.54, 1.807) is 0 Å². The standard InChI is InChI=1S/C16H22N8O9/c17-6-1-2-23(15(29)20-6)12-10(28)8(26)11(33-12)22-31-3-5-7(25)9(27)13(32-5)24-4-19-14(18)21-16(24)30/h1-2,4-5,7-13,22,25-28H,3H2,(H2,17,20,29)(H2,18,21,30)/t5-,7-,8+,9-,10-,11+,12-,13-/m1/s1. The number of hydrogen-bond acceptors (Lipinski definition) is 15. The summed E-state index contributed by atoms with van der Waals surface area (Å²) in [6.45, 7) is -0.365. The van der Waals surface area contributed by atoms with Gasteiger partial charge in [-0.25, -0.2) is 14.6 Å². The topological polar surface area (TPSA) is 255 Å². The van der Waals surface area contributed by atoms with Crippen LogP contribution >= 0.6 is 0 Å². The Labute approximate surface area is 183 Å². The highest BCUT2D eigenvalue weighted by atomic mass is 16.7. The molecule has 180 valence electrons. The fraction of sp³-hybridized carbons (Fsp3) is 0.562. The number of anilines is 2. The van der Waals surface area contributed by atoms with Crippen LogP contribution in [-0.4, -0.2) is 87.9 Å². The van der Waals surface area contributed by atoms with Crippen molar-refractivity contribution in [1.29, 1.82) is 0 Å². The van der Waals surface area contributed by atoms with E-state index in [0.29, 0.717) is 0 Å². The third-order valence-corrected chi connectivity index (χ3v) is 5.17. The average Bonchev–Trinajstić information content (AvgIpc) is 3.19. The van der Waals surface area contributed by atoms with Gasteiger partial charge in [0.2, 0.25) is 5.95 Å². The summed E-state index contributed by atoms with van der Waals surface area (Å²) in [5, 5.41) is 40.9. The van der Waals surface area contributed by atoms with Gasteiger partial charge >= 0.3 is 11.4 Å². The molecule has 4 heterocycles. The minimum absolute atomic E-state index is 0.0225. The second kappa shape index (κ2) is 9.08. The summed E-state index contributed by atoms with van der Waals surface area (Å²) in [5.41, 5.74) is 11.5. The Bertz CT molecular complexity index is 1030. The van der Waals surface area contributed by atoms with Crippen molar-refractivity contribution >= 4 is 11.8 Å². The van der Waals surface area contributed by atoms with Crippen molar-refractivity contribution in [3.05, 3.63) is 39.6 Å². The largest absolute Gasteiger partial charge is 0.387 e. The number of aromatic nitrogens is 5. The van der Waals surface area contributed by atoms with Crippen molar-refractivity contribution in [2.24, 2.45) is 0 Å². The van der Waals surface area contributed by atoms with E-state index in [1.165, 1.54) is 12.3 Å². The number of hydroxylamine groups is 1. The van der Waals surface area contributed by atoms with Gasteiger partial charge in [0.1, 0.15) is 42.7 Å². The fourth-order valence-electron chi connectivity index (χ4n) is 3.45. The molecule has 0 aliphatic carbocycles. The zero-order valence-corrected chi connectivity index (χ0v) is 16.8. The molecule has 4 rings (SSSR count). The van der Waals surface area contributed by atoms with Crippen LogP contribution in [0.4, 0.5) is 11.8 Å². The zero-order chi connectivity index (χ0) is 23.9. The van der Waals surface area contributed by atoms with Gasteiger partial charge in [0, 0.05) is 6.20 Å². The number of nitrogens with zero attached hydrogens (tertiary/aromatic N) is 5. The second-order valence-electron chi connectivity index (χ2n) is 7.35. The lowest BCUT2D eigenvalue weighted by atomic mass is 10.1. The lowest BCUT2D eigenvalue weighted by Crippen LogP contribution is -2.43. The van der Waals surface area contributed by atoms with Gasteiger partial charge in [-0.15, -0.1) is 0 Å². The molecule has 2 aliphatic heterocycles. The first-order chi connectivity index (χ1) is 15.7. The third kappa shape index (κ3) is 4.43. The molecule has 9 N–H and O–H groups in total. The van der Waals surface area contributed by atoms with E-state index in [1.807, 2.05) is 0 Å². The first-order valence-electron chi connectivity index (χ1n) is 9.63. The van der Waals surface area contributed by atoms with Crippen LogP contribution in [-0.2, 0) is 14.3 Å². The smallest absolute Gasteiger partial charge is 0.354 e. The molecule has 33 heavy (non-hydrogen) atoms. The van der Waals surface area contributed by atoms with Crippen LogP contribution in [0.25, 0.3) is 0 Å². The van der Waals surface area contributed by atoms with Crippen LogP contribution in [0.15, 0.2) is 28.2 Å². The molecule has 0 amide bonds. The molecule has 0 unspecified atom stereocenters. The summed E-state index contributed by atoms with van der Waals surface area (Å²) >= 11 is 0. The van der Waals surface area contributed by atoms with Gasteiger partial charge in [-0.2, -0.15) is 15.4 Å². The monoisotopic (exact) mass is 470 g/mol. The van der Waals surface area contributed by atoms with Gasteiger partial charge < -0.3 is 41.4 Å². The third-order valence-electron chi connectivity index (χ3n) is 5.17. The van der Waals surface area contributed by atoms with Gasteiger partial charge in [-0.05, 0) is 6.07 Å². The highest BCUT2D eigenvalue weighted by Crippen LogP contribution is 2.29. The van der Waals surface area contributed by atoms with Crippen LogP contribution < -0.4 is 28.3 Å². The number of ether oxygens (including phenoxy) is 2. The minimum Gasteiger partial charge on any atom is -0.387 e. The van der Waals surface area contributed by atoms with Crippen molar-refractivity contribution in [2.45, 2.75) is 49.2 Å². The predicted octanol–water partition coefficient (Wildman–Crippen LogP) is -5.22. The molecule has 0 aromatic carbocycles. The number of nitrogens with one attached hydrogen (secondary N) is 1. The molecule has 0 radical (unpaired) electrons. The summed E-state index contributed by atoms with van der Waals surface area (Å²) < 4.78 is 12.7. The van der Waals surface area contributed by atoms with Gasteiger partial charge in [0.05, 0.1) is 6.61 Å². The van der Waals surface area contributed by atoms with Crippen molar-refractivity contribution < 1.29 is 34.7 Å². The zero-order valence-electron chi connectivity index (χ0n) is 16.8. The molecular formula is C16H22N8O9. The van der Waals surface area contributed by atoms with Gasteiger partial charge in [0.25, 0.3) is 0 Å². The summed E-state index contributed by atoms with van der Waals surface area (Å²) in [4.78, 5) is 39.7. The Balaban J connectivity index is 1.36. The molecule has 17 nitrogen and oxygen atoms in total. The van der Waals surface area contributed by atoms with Crippen LogP contribution in [0.3, 0.4) is 0 Å². The molecule has 2 saturated heterocycles. The molecule has 8 atom stereocenters. The quantitative estimate of drug-likeness (QED) is 0.195. The van der Waals surface area contributed by atoms with Crippen molar-refractivity contribution in [1.82, 2.24) is 29.6 Å². The molecular weight excluding hydrogens is 448 g/mol. The fourth-order valence-corrected chi connectivity index (χ4v) is 3.45. The van der Waals surface area contributed by atoms with Gasteiger partial charge in [-0.1, -0.05) is 0 Å². The Morgan fingerprint density at radius 1 is 0.970 bits per heavy atom.